The highest BCUT2D eigenvalue weighted by atomic mass is 19.1. The van der Waals surface area contributed by atoms with Crippen molar-refractivity contribution < 1.29 is 19.1 Å². The summed E-state index contributed by atoms with van der Waals surface area (Å²) < 4.78 is 13.6. The lowest BCUT2D eigenvalue weighted by Gasteiger charge is -2.16. The van der Waals surface area contributed by atoms with Crippen molar-refractivity contribution in [3.8, 4) is 0 Å². The number of nitrogens with zero attached hydrogens (tertiary/aromatic N) is 1. The molecule has 5 heteroatoms. The third kappa shape index (κ3) is 4.21. The van der Waals surface area contributed by atoms with Crippen LogP contribution in [0.3, 0.4) is 0 Å². The lowest BCUT2D eigenvalue weighted by Crippen LogP contribution is -2.28. The maximum Gasteiger partial charge on any atom is 0.328 e. The molecule has 0 aliphatic heterocycles. The largest absolute Gasteiger partial charge is 0.478 e. The number of amides is 1. The molecule has 0 atom stereocenters. The Bertz CT molecular complexity index is 511. The lowest BCUT2D eigenvalue weighted by atomic mass is 10.1. The van der Waals surface area contributed by atoms with Gasteiger partial charge in [-0.25, -0.2) is 9.18 Å². The normalized spacial score (nSPS) is 10.7. The summed E-state index contributed by atoms with van der Waals surface area (Å²) >= 11 is 0. The van der Waals surface area contributed by atoms with Crippen molar-refractivity contribution in [1.82, 2.24) is 4.90 Å². The number of carboxylic acid groups (broad SMARTS) is 1. The number of benzene rings is 1. The van der Waals surface area contributed by atoms with Gasteiger partial charge in [0, 0.05) is 19.7 Å². The molecular weight excluding hydrogens is 249 g/mol. The molecule has 0 unspecified atom stereocenters. The Morgan fingerprint density at radius 1 is 1.42 bits per heavy atom. The monoisotopic (exact) mass is 265 g/mol. The van der Waals surface area contributed by atoms with Crippen LogP contribution in [0.2, 0.25) is 0 Å². The zero-order valence-corrected chi connectivity index (χ0v) is 10.9. The van der Waals surface area contributed by atoms with Crippen molar-refractivity contribution in [2.45, 2.75) is 13.3 Å². The maximum atomic E-state index is 13.6. The summed E-state index contributed by atoms with van der Waals surface area (Å²) in [6, 6.07) is 3.93. The van der Waals surface area contributed by atoms with Crippen LogP contribution in [0.15, 0.2) is 24.3 Å². The lowest BCUT2D eigenvalue weighted by molar-refractivity contribution is -0.131. The van der Waals surface area contributed by atoms with E-state index in [1.54, 1.807) is 7.05 Å². The molecule has 0 fully saturated rings. The van der Waals surface area contributed by atoms with Crippen molar-refractivity contribution >= 4 is 18.0 Å². The minimum atomic E-state index is -1.10. The Morgan fingerprint density at radius 2 is 2.11 bits per heavy atom. The Balaban J connectivity index is 3.03. The number of carbonyl (C=O) groups is 2. The first-order chi connectivity index (χ1) is 8.95. The molecule has 0 aliphatic rings. The minimum absolute atomic E-state index is 0.0523. The van der Waals surface area contributed by atoms with E-state index in [2.05, 4.69) is 0 Å². The average molecular weight is 265 g/mol. The van der Waals surface area contributed by atoms with E-state index >= 15 is 0 Å². The predicted octanol–water partition coefficient (Wildman–Crippen LogP) is 2.41. The minimum Gasteiger partial charge on any atom is -0.478 e. The fourth-order valence-corrected chi connectivity index (χ4v) is 1.62. The molecular formula is C14H16FNO3. The summed E-state index contributed by atoms with van der Waals surface area (Å²) in [5.74, 6) is -2.12. The smallest absolute Gasteiger partial charge is 0.328 e. The van der Waals surface area contributed by atoms with Crippen LogP contribution >= 0.6 is 0 Å². The van der Waals surface area contributed by atoms with Gasteiger partial charge >= 0.3 is 5.97 Å². The fraction of sp³-hybridized carbons (Fsp3) is 0.286. The Labute approximate surface area is 111 Å². The highest BCUT2D eigenvalue weighted by Gasteiger charge is 2.15. The molecule has 1 N–H and O–H groups in total. The van der Waals surface area contributed by atoms with Crippen molar-refractivity contribution in [2.24, 2.45) is 0 Å². The topological polar surface area (TPSA) is 57.6 Å². The standard InChI is InChI=1S/C14H16FNO3/c1-3-8-16(2)14(19)11-9-10(4-6-12(11)15)5-7-13(17)18/h4-7,9H,3,8H2,1-2H3,(H,17,18)/b7-5+. The summed E-state index contributed by atoms with van der Waals surface area (Å²) in [6.07, 6.45) is 3.04. The third-order valence-electron chi connectivity index (χ3n) is 2.54. The zero-order chi connectivity index (χ0) is 14.4. The molecule has 0 radical (unpaired) electrons. The van der Waals surface area contributed by atoms with Gasteiger partial charge in [-0.3, -0.25) is 4.79 Å². The van der Waals surface area contributed by atoms with Gasteiger partial charge in [0.15, 0.2) is 0 Å². The molecule has 0 spiro atoms. The van der Waals surface area contributed by atoms with Crippen LogP contribution in [0.5, 0.6) is 0 Å². The van der Waals surface area contributed by atoms with Crippen LogP contribution in [0.4, 0.5) is 4.39 Å². The predicted molar refractivity (Wildman–Crippen MR) is 70.3 cm³/mol. The van der Waals surface area contributed by atoms with Crippen molar-refractivity contribution in [2.75, 3.05) is 13.6 Å². The van der Waals surface area contributed by atoms with Crippen molar-refractivity contribution in [3.05, 3.63) is 41.2 Å². The second kappa shape index (κ2) is 6.68. The second-order valence-electron chi connectivity index (χ2n) is 4.14. The molecule has 0 saturated heterocycles. The first-order valence-corrected chi connectivity index (χ1v) is 5.91. The number of rotatable bonds is 5. The van der Waals surface area contributed by atoms with Gasteiger partial charge in [0.05, 0.1) is 5.56 Å². The van der Waals surface area contributed by atoms with Gasteiger partial charge in [0.1, 0.15) is 5.82 Å². The van der Waals surface area contributed by atoms with Gasteiger partial charge < -0.3 is 10.0 Å². The van der Waals surface area contributed by atoms with E-state index in [1.807, 2.05) is 6.92 Å². The van der Waals surface area contributed by atoms with E-state index in [9.17, 15) is 14.0 Å². The fourth-order valence-electron chi connectivity index (χ4n) is 1.62. The molecule has 0 aromatic heterocycles. The summed E-state index contributed by atoms with van der Waals surface area (Å²) in [5.41, 5.74) is 0.417. The summed E-state index contributed by atoms with van der Waals surface area (Å²) in [7, 11) is 1.60. The second-order valence-corrected chi connectivity index (χ2v) is 4.14. The van der Waals surface area contributed by atoms with Gasteiger partial charge in [-0.1, -0.05) is 13.0 Å². The molecule has 0 heterocycles. The zero-order valence-electron chi connectivity index (χ0n) is 10.9. The number of halogens is 1. The number of carbonyl (C=O) groups excluding carboxylic acids is 1. The summed E-state index contributed by atoms with van der Waals surface area (Å²) in [4.78, 5) is 23.8. The Hall–Kier alpha value is -2.17. The van der Waals surface area contributed by atoms with E-state index in [4.69, 9.17) is 5.11 Å². The van der Waals surface area contributed by atoms with Crippen LogP contribution in [0.1, 0.15) is 29.3 Å². The van der Waals surface area contributed by atoms with Gasteiger partial charge in [0.2, 0.25) is 0 Å². The summed E-state index contributed by atoms with van der Waals surface area (Å²) in [5, 5.41) is 8.53. The van der Waals surface area contributed by atoms with Crippen molar-refractivity contribution in [1.29, 1.82) is 0 Å². The van der Waals surface area contributed by atoms with Gasteiger partial charge in [-0.05, 0) is 30.2 Å². The molecule has 19 heavy (non-hydrogen) atoms. The molecule has 4 nitrogen and oxygen atoms in total. The maximum absolute atomic E-state index is 13.6. The Kier molecular flexibility index (Phi) is 5.23. The number of hydrogen-bond donors (Lipinski definition) is 1. The number of carboxylic acids is 1. The first-order valence-electron chi connectivity index (χ1n) is 5.91. The molecule has 0 aliphatic carbocycles. The molecule has 1 aromatic rings. The van der Waals surface area contributed by atoms with Crippen LogP contribution in [0.25, 0.3) is 6.08 Å². The number of hydrogen-bond acceptors (Lipinski definition) is 2. The van der Waals surface area contributed by atoms with E-state index in [1.165, 1.54) is 23.1 Å². The van der Waals surface area contributed by atoms with Crippen LogP contribution in [-0.2, 0) is 4.79 Å². The van der Waals surface area contributed by atoms with Gasteiger partial charge in [-0.15, -0.1) is 0 Å². The van der Waals surface area contributed by atoms with Gasteiger partial charge in [-0.2, -0.15) is 0 Å². The molecule has 102 valence electrons. The van der Waals surface area contributed by atoms with E-state index in [0.29, 0.717) is 12.1 Å². The Morgan fingerprint density at radius 3 is 2.68 bits per heavy atom. The van der Waals surface area contributed by atoms with Crippen molar-refractivity contribution in [3.63, 3.8) is 0 Å². The highest BCUT2D eigenvalue weighted by Crippen LogP contribution is 2.14. The van der Waals surface area contributed by atoms with Crippen LogP contribution < -0.4 is 0 Å². The number of aliphatic carboxylic acids is 1. The van der Waals surface area contributed by atoms with Crippen LogP contribution in [-0.4, -0.2) is 35.5 Å². The third-order valence-corrected chi connectivity index (χ3v) is 2.54. The molecule has 1 rings (SSSR count). The average Bonchev–Trinajstić information content (AvgIpc) is 2.37. The quantitative estimate of drug-likeness (QED) is 0.832. The molecule has 0 bridgehead atoms. The van der Waals surface area contributed by atoms with E-state index < -0.39 is 17.7 Å². The van der Waals surface area contributed by atoms with E-state index in [-0.39, 0.29) is 5.56 Å². The van der Waals surface area contributed by atoms with Crippen LogP contribution in [0, 0.1) is 5.82 Å². The highest BCUT2D eigenvalue weighted by molar-refractivity contribution is 5.95. The molecule has 0 saturated carbocycles. The van der Waals surface area contributed by atoms with Gasteiger partial charge in [0.25, 0.3) is 5.91 Å². The summed E-state index contributed by atoms with van der Waals surface area (Å²) in [6.45, 7) is 2.46. The van der Waals surface area contributed by atoms with E-state index in [0.717, 1.165) is 18.6 Å². The molecule has 1 aromatic carbocycles. The first kappa shape index (κ1) is 14.9. The molecule has 1 amide bonds. The SMILES string of the molecule is CCCN(C)C(=O)c1cc(/C=C/C(=O)O)ccc1F.